The molecule has 1 heterocycles. The van der Waals surface area contributed by atoms with Gasteiger partial charge in [-0.1, -0.05) is 42.3 Å². The van der Waals surface area contributed by atoms with Crippen LogP contribution in [0.3, 0.4) is 0 Å². The molecule has 0 radical (unpaired) electrons. The average Bonchev–Trinajstić information content (AvgIpc) is 3.11. The van der Waals surface area contributed by atoms with E-state index in [9.17, 15) is 9.59 Å². The Labute approximate surface area is 182 Å². The smallest absolute Gasteiger partial charge is 0.247 e. The lowest BCUT2D eigenvalue weighted by molar-refractivity contribution is -0.130. The van der Waals surface area contributed by atoms with Gasteiger partial charge in [-0.2, -0.15) is 0 Å². The van der Waals surface area contributed by atoms with Gasteiger partial charge < -0.3 is 10.2 Å². The molecular formula is C21H19Cl2N3O2S. The van der Waals surface area contributed by atoms with Crippen molar-refractivity contribution in [2.45, 2.75) is 13.3 Å². The van der Waals surface area contributed by atoms with Crippen LogP contribution < -0.4 is 5.32 Å². The summed E-state index contributed by atoms with van der Waals surface area (Å²) in [6.45, 7) is 2.34. The summed E-state index contributed by atoms with van der Waals surface area (Å²) in [6, 6.07) is 12.6. The molecule has 0 bridgehead atoms. The normalized spacial score (nSPS) is 11.1. The molecule has 150 valence electrons. The highest BCUT2D eigenvalue weighted by atomic mass is 35.5. The van der Waals surface area contributed by atoms with Crippen LogP contribution in [-0.4, -0.2) is 34.8 Å². The predicted octanol–water partition coefficient (Wildman–Crippen LogP) is 5.49. The van der Waals surface area contributed by atoms with Crippen molar-refractivity contribution in [3.63, 3.8) is 0 Å². The minimum atomic E-state index is -0.329. The van der Waals surface area contributed by atoms with E-state index in [0.29, 0.717) is 22.3 Å². The van der Waals surface area contributed by atoms with E-state index in [2.05, 4.69) is 10.3 Å². The van der Waals surface area contributed by atoms with Crippen LogP contribution in [0.25, 0.3) is 16.3 Å². The minimum absolute atomic E-state index is 0.0736. The van der Waals surface area contributed by atoms with Crippen LogP contribution in [0.15, 0.2) is 48.5 Å². The summed E-state index contributed by atoms with van der Waals surface area (Å²) >= 11 is 13.5. The zero-order valence-corrected chi connectivity index (χ0v) is 18.0. The summed E-state index contributed by atoms with van der Waals surface area (Å²) in [5.41, 5.74) is 1.35. The molecule has 0 atom stereocenters. The molecule has 0 aliphatic carbocycles. The first kappa shape index (κ1) is 21.3. The van der Waals surface area contributed by atoms with Crippen molar-refractivity contribution in [2.24, 2.45) is 0 Å². The number of benzene rings is 2. The number of carbonyl (C=O) groups excluding carboxylic acids is 2. The topological polar surface area (TPSA) is 62.3 Å². The minimum Gasteiger partial charge on any atom is -0.330 e. The molecule has 0 fully saturated rings. The second-order valence-electron chi connectivity index (χ2n) is 6.29. The summed E-state index contributed by atoms with van der Waals surface area (Å²) < 4.78 is 1.06. The maximum absolute atomic E-state index is 12.6. The summed E-state index contributed by atoms with van der Waals surface area (Å²) in [7, 11) is 0. The Morgan fingerprint density at radius 1 is 1.21 bits per heavy atom. The van der Waals surface area contributed by atoms with E-state index in [1.165, 1.54) is 22.3 Å². The Kier molecular flexibility index (Phi) is 7.25. The molecule has 2 aromatic carbocycles. The quantitative estimate of drug-likeness (QED) is 0.486. The lowest BCUT2D eigenvalue weighted by Crippen LogP contribution is -2.37. The molecule has 3 aromatic rings. The van der Waals surface area contributed by atoms with Crippen molar-refractivity contribution in [2.75, 3.05) is 18.4 Å². The third-order valence-electron chi connectivity index (χ3n) is 4.02. The summed E-state index contributed by atoms with van der Waals surface area (Å²) in [6.07, 6.45) is 3.87. The van der Waals surface area contributed by atoms with Gasteiger partial charge in [-0.3, -0.25) is 9.59 Å². The Balaban J connectivity index is 1.65. The number of nitrogens with zero attached hydrogens (tertiary/aromatic N) is 2. The van der Waals surface area contributed by atoms with Gasteiger partial charge in [0.2, 0.25) is 11.8 Å². The zero-order valence-electron chi connectivity index (χ0n) is 15.7. The molecule has 0 aliphatic heterocycles. The van der Waals surface area contributed by atoms with Crippen molar-refractivity contribution < 1.29 is 9.59 Å². The number of anilines is 1. The SMILES string of the molecule is CCCN(CC(=O)Nc1ccc(Cl)cc1Cl)C(=O)C=Cc1nc2ccccc2s1. The van der Waals surface area contributed by atoms with Crippen LogP contribution in [0.4, 0.5) is 5.69 Å². The first-order valence-electron chi connectivity index (χ1n) is 9.03. The fourth-order valence-corrected chi connectivity index (χ4v) is 4.03. The summed E-state index contributed by atoms with van der Waals surface area (Å²) in [5, 5.41) is 4.28. The van der Waals surface area contributed by atoms with Crippen molar-refractivity contribution in [1.82, 2.24) is 9.88 Å². The van der Waals surface area contributed by atoms with E-state index in [4.69, 9.17) is 23.2 Å². The van der Waals surface area contributed by atoms with Crippen molar-refractivity contribution in [3.05, 3.63) is 63.6 Å². The number of fused-ring (bicyclic) bond motifs is 1. The number of rotatable bonds is 7. The third-order valence-corrected chi connectivity index (χ3v) is 5.57. The van der Waals surface area contributed by atoms with E-state index >= 15 is 0 Å². The number of hydrogen-bond acceptors (Lipinski definition) is 4. The van der Waals surface area contributed by atoms with Gasteiger partial charge in [0, 0.05) is 17.6 Å². The van der Waals surface area contributed by atoms with Crippen molar-refractivity contribution in [1.29, 1.82) is 0 Å². The fourth-order valence-electron chi connectivity index (χ4n) is 2.70. The van der Waals surface area contributed by atoms with E-state index in [1.54, 1.807) is 24.3 Å². The second kappa shape index (κ2) is 9.87. The maximum Gasteiger partial charge on any atom is 0.247 e. The average molecular weight is 448 g/mol. The van der Waals surface area contributed by atoms with E-state index in [-0.39, 0.29) is 18.4 Å². The molecule has 5 nitrogen and oxygen atoms in total. The van der Waals surface area contributed by atoms with Gasteiger partial charge in [0.25, 0.3) is 0 Å². The number of halogens is 2. The van der Waals surface area contributed by atoms with E-state index in [0.717, 1.165) is 21.6 Å². The molecule has 2 amide bonds. The number of amides is 2. The fraction of sp³-hybridized carbons (Fsp3) is 0.190. The standard InChI is InChI=1S/C21H19Cl2N3O2S/c1-2-11-26(13-19(27)24-16-8-7-14(22)12-15(16)23)21(28)10-9-20-25-17-5-3-4-6-18(17)29-20/h3-10,12H,2,11,13H2,1H3,(H,24,27). The Morgan fingerprint density at radius 3 is 2.72 bits per heavy atom. The van der Waals surface area contributed by atoms with E-state index < -0.39 is 0 Å². The third kappa shape index (κ3) is 5.79. The molecule has 0 spiro atoms. The highest BCUT2D eigenvalue weighted by Crippen LogP contribution is 2.25. The molecule has 0 saturated heterocycles. The predicted molar refractivity (Wildman–Crippen MR) is 121 cm³/mol. The van der Waals surface area contributed by atoms with Gasteiger partial charge in [-0.25, -0.2) is 4.98 Å². The van der Waals surface area contributed by atoms with Crippen molar-refractivity contribution >= 4 is 68.3 Å². The Bertz CT molecular complexity index is 1030. The second-order valence-corrected chi connectivity index (χ2v) is 8.19. The molecule has 1 N–H and O–H groups in total. The summed E-state index contributed by atoms with van der Waals surface area (Å²) in [5.74, 6) is -0.576. The van der Waals surface area contributed by atoms with E-state index in [1.807, 2.05) is 31.2 Å². The molecule has 29 heavy (non-hydrogen) atoms. The number of hydrogen-bond donors (Lipinski definition) is 1. The molecule has 0 aliphatic rings. The lowest BCUT2D eigenvalue weighted by atomic mass is 10.3. The Hall–Kier alpha value is -2.41. The zero-order chi connectivity index (χ0) is 20.8. The van der Waals surface area contributed by atoms with Crippen LogP contribution in [0.2, 0.25) is 10.0 Å². The maximum atomic E-state index is 12.6. The van der Waals surface area contributed by atoms with Crippen LogP contribution in [-0.2, 0) is 9.59 Å². The highest BCUT2D eigenvalue weighted by molar-refractivity contribution is 7.19. The van der Waals surface area contributed by atoms with Crippen LogP contribution >= 0.6 is 34.5 Å². The number of carbonyl (C=O) groups is 2. The largest absolute Gasteiger partial charge is 0.330 e. The van der Waals surface area contributed by atoms with Gasteiger partial charge in [-0.05, 0) is 42.8 Å². The lowest BCUT2D eigenvalue weighted by Gasteiger charge is -2.20. The van der Waals surface area contributed by atoms with Crippen LogP contribution in [0.1, 0.15) is 18.4 Å². The van der Waals surface area contributed by atoms with Gasteiger partial charge in [0.05, 0.1) is 20.9 Å². The highest BCUT2D eigenvalue weighted by Gasteiger charge is 2.15. The van der Waals surface area contributed by atoms with Gasteiger partial charge >= 0.3 is 0 Å². The summed E-state index contributed by atoms with van der Waals surface area (Å²) in [4.78, 5) is 31.0. The Morgan fingerprint density at radius 2 is 2.00 bits per heavy atom. The molecule has 0 saturated carbocycles. The molecule has 3 rings (SSSR count). The molecule has 1 aromatic heterocycles. The number of aromatic nitrogens is 1. The molecular weight excluding hydrogens is 429 g/mol. The molecule has 0 unspecified atom stereocenters. The molecule has 8 heteroatoms. The first-order valence-corrected chi connectivity index (χ1v) is 10.6. The monoisotopic (exact) mass is 447 g/mol. The van der Waals surface area contributed by atoms with Gasteiger partial charge in [0.1, 0.15) is 11.6 Å². The van der Waals surface area contributed by atoms with Crippen LogP contribution in [0, 0.1) is 0 Å². The van der Waals surface area contributed by atoms with Gasteiger partial charge in [0.15, 0.2) is 0 Å². The number of para-hydroxylation sites is 1. The number of thiazole rings is 1. The first-order chi connectivity index (χ1) is 14.0. The van der Waals surface area contributed by atoms with Crippen molar-refractivity contribution in [3.8, 4) is 0 Å². The van der Waals surface area contributed by atoms with Crippen LogP contribution in [0.5, 0.6) is 0 Å². The number of nitrogens with one attached hydrogen (secondary N) is 1. The van der Waals surface area contributed by atoms with Gasteiger partial charge in [-0.15, -0.1) is 11.3 Å².